The molecule has 0 bridgehead atoms. The Bertz CT molecular complexity index is 961. The zero-order valence-electron chi connectivity index (χ0n) is 17.2. The van der Waals surface area contributed by atoms with Crippen molar-refractivity contribution in [2.24, 2.45) is 11.8 Å². The van der Waals surface area contributed by atoms with Crippen molar-refractivity contribution in [3.8, 4) is 11.8 Å². The van der Waals surface area contributed by atoms with Gasteiger partial charge in [-0.1, -0.05) is 13.0 Å². The molecule has 4 rings (SSSR count). The molecular weight excluding hydrogens is 362 g/mol. The molecule has 1 N–H and O–H groups in total. The number of fused-ring (bicyclic) bond motifs is 1. The van der Waals surface area contributed by atoms with Gasteiger partial charge in [0.25, 0.3) is 0 Å². The molecule has 0 unspecified atom stereocenters. The first-order valence-corrected chi connectivity index (χ1v) is 10.4. The Balaban J connectivity index is 1.77. The first kappa shape index (κ1) is 19.3. The average Bonchev–Trinajstić information content (AvgIpc) is 3.54. The number of hydrogen-bond acceptors (Lipinski definition) is 4. The lowest BCUT2D eigenvalue weighted by molar-refractivity contribution is -0.117. The summed E-state index contributed by atoms with van der Waals surface area (Å²) in [4.78, 5) is 14.6. The molecule has 1 heterocycles. The van der Waals surface area contributed by atoms with Gasteiger partial charge in [0.15, 0.2) is 0 Å². The van der Waals surface area contributed by atoms with Crippen LogP contribution < -0.4 is 15.0 Å². The number of anilines is 2. The molecular formula is C24H27N3O2. The lowest BCUT2D eigenvalue weighted by Gasteiger charge is -2.46. The van der Waals surface area contributed by atoms with E-state index >= 15 is 0 Å². The number of hydrogen-bond donors (Lipinski definition) is 1. The Morgan fingerprint density at radius 2 is 2.07 bits per heavy atom. The van der Waals surface area contributed by atoms with Crippen LogP contribution in [0.25, 0.3) is 0 Å². The van der Waals surface area contributed by atoms with Crippen molar-refractivity contribution in [2.75, 3.05) is 16.8 Å². The second-order valence-electron chi connectivity index (χ2n) is 8.04. The van der Waals surface area contributed by atoms with Gasteiger partial charge < -0.3 is 15.0 Å². The van der Waals surface area contributed by atoms with E-state index in [1.807, 2.05) is 54.3 Å². The van der Waals surface area contributed by atoms with Crippen molar-refractivity contribution < 1.29 is 9.53 Å². The maximum Gasteiger partial charge on any atom is 0.224 e. The third kappa shape index (κ3) is 3.67. The van der Waals surface area contributed by atoms with Gasteiger partial charge in [0, 0.05) is 36.3 Å². The largest absolute Gasteiger partial charge is 0.494 e. The number of nitrogens with zero attached hydrogens (tertiary/aromatic N) is 2. The molecule has 0 saturated heterocycles. The minimum absolute atomic E-state index is 0.0105. The van der Waals surface area contributed by atoms with Crippen LogP contribution in [0.5, 0.6) is 5.75 Å². The van der Waals surface area contributed by atoms with Crippen molar-refractivity contribution in [3.05, 3.63) is 53.6 Å². The van der Waals surface area contributed by atoms with Gasteiger partial charge in [-0.3, -0.25) is 4.79 Å². The Morgan fingerprint density at radius 1 is 1.28 bits per heavy atom. The van der Waals surface area contributed by atoms with Crippen LogP contribution in [0.15, 0.2) is 42.5 Å². The van der Waals surface area contributed by atoms with Gasteiger partial charge in [-0.05, 0) is 61.6 Å². The topological polar surface area (TPSA) is 65.4 Å². The van der Waals surface area contributed by atoms with Crippen LogP contribution in [-0.2, 0) is 4.79 Å². The van der Waals surface area contributed by atoms with E-state index in [1.54, 1.807) is 6.92 Å². The van der Waals surface area contributed by atoms with E-state index in [4.69, 9.17) is 4.74 Å². The van der Waals surface area contributed by atoms with Gasteiger partial charge in [0.05, 0.1) is 24.3 Å². The van der Waals surface area contributed by atoms with E-state index in [1.165, 1.54) is 0 Å². The molecule has 0 spiro atoms. The number of ether oxygens (including phenoxy) is 1. The minimum atomic E-state index is 0.0105. The second-order valence-corrected chi connectivity index (χ2v) is 8.04. The number of nitrogens with one attached hydrogen (secondary N) is 1. The average molecular weight is 389 g/mol. The zero-order chi connectivity index (χ0) is 20.5. The van der Waals surface area contributed by atoms with Gasteiger partial charge in [-0.15, -0.1) is 0 Å². The fourth-order valence-electron chi connectivity index (χ4n) is 4.66. The van der Waals surface area contributed by atoms with Crippen LogP contribution in [0.2, 0.25) is 0 Å². The fourth-order valence-corrected chi connectivity index (χ4v) is 4.66. The van der Waals surface area contributed by atoms with E-state index < -0.39 is 0 Å². The highest BCUT2D eigenvalue weighted by Gasteiger charge is 2.47. The predicted octanol–water partition coefficient (Wildman–Crippen LogP) is 4.89. The molecule has 2 aromatic carbocycles. The molecule has 1 saturated carbocycles. The summed E-state index contributed by atoms with van der Waals surface area (Å²) in [5.41, 5.74) is 3.52. The number of nitriles is 1. The smallest absolute Gasteiger partial charge is 0.224 e. The van der Waals surface area contributed by atoms with Crippen LogP contribution in [-0.4, -0.2) is 18.6 Å². The molecule has 1 amide bonds. The molecule has 5 heteroatoms. The normalized spacial score (nSPS) is 23.1. The maximum atomic E-state index is 12.6. The SMILES string of the molecule is CCOc1cccc(N[C@H]2c3cc(C#N)ccc3N(C(C)=O)[C@@H](C3CC3)[C@@H]2C)c1. The van der Waals surface area contributed by atoms with Crippen molar-refractivity contribution in [1.82, 2.24) is 0 Å². The maximum absolute atomic E-state index is 12.6. The molecule has 29 heavy (non-hydrogen) atoms. The summed E-state index contributed by atoms with van der Waals surface area (Å²) in [6.07, 6.45) is 2.33. The quantitative estimate of drug-likeness (QED) is 0.791. The first-order chi connectivity index (χ1) is 14.0. The summed E-state index contributed by atoms with van der Waals surface area (Å²) in [5.74, 6) is 1.65. The predicted molar refractivity (Wildman–Crippen MR) is 114 cm³/mol. The van der Waals surface area contributed by atoms with Crippen molar-refractivity contribution in [1.29, 1.82) is 5.26 Å². The van der Waals surface area contributed by atoms with E-state index in [9.17, 15) is 10.1 Å². The number of carbonyl (C=O) groups excluding carboxylic acids is 1. The molecule has 1 aliphatic heterocycles. The monoisotopic (exact) mass is 389 g/mol. The Kier molecular flexibility index (Phi) is 5.19. The van der Waals surface area contributed by atoms with Crippen molar-refractivity contribution in [3.63, 3.8) is 0 Å². The number of benzene rings is 2. The summed E-state index contributed by atoms with van der Waals surface area (Å²) in [6, 6.07) is 16.1. The Hall–Kier alpha value is -3.00. The van der Waals surface area contributed by atoms with Crippen LogP contribution in [0, 0.1) is 23.2 Å². The standard InChI is InChI=1S/C24H27N3O2/c1-4-29-20-7-5-6-19(13-20)26-23-15(2)24(18-9-10-18)27(16(3)28)22-11-8-17(14-25)12-21(22)23/h5-8,11-13,15,18,23-24,26H,4,9-10H2,1-3H3/t15-,23-,24-/m1/s1. The second kappa shape index (κ2) is 7.79. The Morgan fingerprint density at radius 3 is 2.72 bits per heavy atom. The van der Waals surface area contributed by atoms with E-state index in [0.29, 0.717) is 18.1 Å². The highest BCUT2D eigenvalue weighted by Crippen LogP contribution is 2.50. The summed E-state index contributed by atoms with van der Waals surface area (Å²) < 4.78 is 5.65. The highest BCUT2D eigenvalue weighted by atomic mass is 16.5. The molecule has 0 aromatic heterocycles. The molecule has 2 aliphatic rings. The highest BCUT2D eigenvalue weighted by molar-refractivity contribution is 5.94. The van der Waals surface area contributed by atoms with Crippen LogP contribution in [0.1, 0.15) is 50.8 Å². The van der Waals surface area contributed by atoms with Gasteiger partial charge >= 0.3 is 0 Å². The summed E-state index contributed by atoms with van der Waals surface area (Å²) in [7, 11) is 0. The van der Waals surface area contributed by atoms with Crippen LogP contribution in [0.3, 0.4) is 0 Å². The summed E-state index contributed by atoms with van der Waals surface area (Å²) in [5, 5.41) is 13.1. The molecule has 3 atom stereocenters. The molecule has 5 nitrogen and oxygen atoms in total. The molecule has 2 aromatic rings. The van der Waals surface area contributed by atoms with Gasteiger partial charge in [0.1, 0.15) is 5.75 Å². The third-order valence-corrected chi connectivity index (χ3v) is 6.03. The van der Waals surface area contributed by atoms with Crippen LogP contribution >= 0.6 is 0 Å². The lowest BCUT2D eigenvalue weighted by atomic mass is 9.79. The third-order valence-electron chi connectivity index (χ3n) is 6.03. The molecule has 150 valence electrons. The van der Waals surface area contributed by atoms with Crippen molar-refractivity contribution in [2.45, 2.75) is 45.7 Å². The Labute approximate surface area is 172 Å². The van der Waals surface area contributed by atoms with Crippen molar-refractivity contribution >= 4 is 17.3 Å². The first-order valence-electron chi connectivity index (χ1n) is 10.4. The summed E-state index contributed by atoms with van der Waals surface area (Å²) >= 11 is 0. The lowest BCUT2D eigenvalue weighted by Crippen LogP contribution is -2.51. The molecule has 0 radical (unpaired) electrons. The molecule has 1 aliphatic carbocycles. The zero-order valence-corrected chi connectivity index (χ0v) is 17.2. The van der Waals surface area contributed by atoms with Gasteiger partial charge in [0.2, 0.25) is 5.91 Å². The fraction of sp³-hybridized carbons (Fsp3) is 0.417. The van der Waals surface area contributed by atoms with Crippen LogP contribution in [0.4, 0.5) is 11.4 Å². The summed E-state index contributed by atoms with van der Waals surface area (Å²) in [6.45, 7) is 6.45. The van der Waals surface area contributed by atoms with Gasteiger partial charge in [-0.2, -0.15) is 5.26 Å². The van der Waals surface area contributed by atoms with E-state index in [0.717, 1.165) is 35.5 Å². The minimum Gasteiger partial charge on any atom is -0.494 e. The number of carbonyl (C=O) groups is 1. The van der Waals surface area contributed by atoms with E-state index in [-0.39, 0.29) is 23.9 Å². The number of amides is 1. The molecule has 1 fully saturated rings. The van der Waals surface area contributed by atoms with Gasteiger partial charge in [-0.25, -0.2) is 0 Å². The van der Waals surface area contributed by atoms with E-state index in [2.05, 4.69) is 18.3 Å². The number of rotatable bonds is 5.